The second-order valence-corrected chi connectivity index (χ2v) is 5.73. The molecule has 2 rings (SSSR count). The van der Waals surface area contributed by atoms with E-state index in [0.29, 0.717) is 0 Å². The van der Waals surface area contributed by atoms with Gasteiger partial charge in [0.1, 0.15) is 0 Å². The Balaban J connectivity index is 1.93. The Bertz CT molecular complexity index is 382. The lowest BCUT2D eigenvalue weighted by Gasteiger charge is -2.30. The quantitative estimate of drug-likeness (QED) is 0.827. The van der Waals surface area contributed by atoms with E-state index in [9.17, 15) is 5.11 Å². The van der Waals surface area contributed by atoms with E-state index in [4.69, 9.17) is 0 Å². The molecule has 1 aromatic rings. The second-order valence-electron chi connectivity index (χ2n) is 5.73. The van der Waals surface area contributed by atoms with Gasteiger partial charge in [0.15, 0.2) is 0 Å². The van der Waals surface area contributed by atoms with Crippen molar-refractivity contribution in [2.75, 3.05) is 25.0 Å². The molecule has 0 heterocycles. The van der Waals surface area contributed by atoms with E-state index in [0.717, 1.165) is 45.3 Å². The minimum Gasteiger partial charge on any atom is -0.388 e. The summed E-state index contributed by atoms with van der Waals surface area (Å²) in [5, 5.41) is 13.8. The first-order chi connectivity index (χ1) is 9.13. The molecule has 0 amide bonds. The molecule has 19 heavy (non-hydrogen) atoms. The number of hydrogen-bond donors (Lipinski definition) is 2. The zero-order valence-electron chi connectivity index (χ0n) is 12.2. The summed E-state index contributed by atoms with van der Waals surface area (Å²) >= 11 is 0. The zero-order chi connectivity index (χ0) is 13.7. The van der Waals surface area contributed by atoms with Gasteiger partial charge in [-0.15, -0.1) is 0 Å². The van der Waals surface area contributed by atoms with Crippen LogP contribution in [-0.2, 0) is 6.54 Å². The van der Waals surface area contributed by atoms with Gasteiger partial charge in [-0.1, -0.05) is 31.9 Å². The molecule has 0 radical (unpaired) electrons. The van der Waals surface area contributed by atoms with Gasteiger partial charge in [0.2, 0.25) is 0 Å². The van der Waals surface area contributed by atoms with E-state index in [2.05, 4.69) is 48.5 Å². The number of aliphatic hydroxyl groups is 1. The molecule has 0 aromatic heterocycles. The van der Waals surface area contributed by atoms with E-state index in [1.165, 1.54) is 11.3 Å². The Morgan fingerprint density at radius 1 is 1.21 bits per heavy atom. The lowest BCUT2D eigenvalue weighted by Crippen LogP contribution is -2.39. The second kappa shape index (κ2) is 6.40. The molecule has 0 atom stereocenters. The highest BCUT2D eigenvalue weighted by atomic mass is 16.3. The van der Waals surface area contributed by atoms with Crippen LogP contribution in [0.1, 0.15) is 38.2 Å². The van der Waals surface area contributed by atoms with Crippen LogP contribution in [-0.4, -0.2) is 30.8 Å². The first kappa shape index (κ1) is 14.4. The van der Waals surface area contributed by atoms with Crippen molar-refractivity contribution in [1.82, 2.24) is 5.32 Å². The van der Waals surface area contributed by atoms with Crippen LogP contribution in [0.25, 0.3) is 0 Å². The van der Waals surface area contributed by atoms with Crippen molar-refractivity contribution in [3.8, 4) is 0 Å². The van der Waals surface area contributed by atoms with Crippen LogP contribution in [0.5, 0.6) is 0 Å². The van der Waals surface area contributed by atoms with Crippen LogP contribution in [0.2, 0.25) is 0 Å². The molecule has 0 saturated heterocycles. The number of benzene rings is 1. The van der Waals surface area contributed by atoms with Gasteiger partial charge in [0.25, 0.3) is 0 Å². The molecule has 3 nitrogen and oxygen atoms in total. The molecular weight excluding hydrogens is 236 g/mol. The van der Waals surface area contributed by atoms with Gasteiger partial charge in [-0.3, -0.25) is 0 Å². The normalized spacial score (nSPS) is 17.6. The molecule has 1 aliphatic rings. The molecule has 3 heteroatoms. The third-order valence-electron chi connectivity index (χ3n) is 4.02. The van der Waals surface area contributed by atoms with Gasteiger partial charge >= 0.3 is 0 Å². The fourth-order valence-corrected chi connectivity index (χ4v) is 2.86. The Hall–Kier alpha value is -1.06. The summed E-state index contributed by atoms with van der Waals surface area (Å²) in [5.74, 6) is 0. The summed E-state index contributed by atoms with van der Waals surface area (Å²) in [4.78, 5) is 2.17. The molecule has 1 aromatic carbocycles. The van der Waals surface area contributed by atoms with Crippen LogP contribution in [0.4, 0.5) is 5.69 Å². The molecule has 0 bridgehead atoms. The van der Waals surface area contributed by atoms with Crippen LogP contribution >= 0.6 is 0 Å². The van der Waals surface area contributed by atoms with Crippen molar-refractivity contribution < 1.29 is 5.11 Å². The predicted octanol–water partition coefficient (Wildman–Crippen LogP) is 2.54. The first-order valence-electron chi connectivity index (χ1n) is 7.36. The lowest BCUT2D eigenvalue weighted by molar-refractivity contribution is 0.0559. The number of likely N-dealkylation sites (N-methyl/N-ethyl adjacent to an activating group) is 1. The smallest absolute Gasteiger partial charge is 0.0821 e. The Kier molecular flexibility index (Phi) is 4.83. The van der Waals surface area contributed by atoms with E-state index >= 15 is 0 Å². The van der Waals surface area contributed by atoms with E-state index in [1.807, 2.05) is 0 Å². The number of anilines is 1. The molecule has 0 unspecified atom stereocenters. The zero-order valence-corrected chi connectivity index (χ0v) is 12.2. The average Bonchev–Trinajstić information content (AvgIpc) is 2.83. The van der Waals surface area contributed by atoms with Gasteiger partial charge < -0.3 is 15.3 Å². The summed E-state index contributed by atoms with van der Waals surface area (Å²) in [5.41, 5.74) is 2.01. The molecule has 1 saturated carbocycles. The monoisotopic (exact) mass is 262 g/mol. The standard InChI is InChI=1S/C16H26N2O/c1-3-17-12-14-6-8-15(9-7-14)18(2)13-16(19)10-4-5-11-16/h6-9,17,19H,3-5,10-13H2,1-2H3. The van der Waals surface area contributed by atoms with Crippen molar-refractivity contribution in [2.24, 2.45) is 0 Å². The van der Waals surface area contributed by atoms with Crippen molar-refractivity contribution in [1.29, 1.82) is 0 Å². The van der Waals surface area contributed by atoms with Crippen molar-refractivity contribution in [3.05, 3.63) is 29.8 Å². The minimum absolute atomic E-state index is 0.475. The summed E-state index contributed by atoms with van der Waals surface area (Å²) in [6.07, 6.45) is 4.20. The van der Waals surface area contributed by atoms with Crippen LogP contribution in [0.3, 0.4) is 0 Å². The summed E-state index contributed by atoms with van der Waals surface area (Å²) in [6, 6.07) is 8.61. The Morgan fingerprint density at radius 3 is 2.42 bits per heavy atom. The molecule has 106 valence electrons. The third kappa shape index (κ3) is 3.95. The van der Waals surface area contributed by atoms with Gasteiger partial charge in [-0.25, -0.2) is 0 Å². The van der Waals surface area contributed by atoms with Crippen LogP contribution < -0.4 is 10.2 Å². The lowest BCUT2D eigenvalue weighted by atomic mass is 10.0. The highest BCUT2D eigenvalue weighted by Crippen LogP contribution is 2.31. The van der Waals surface area contributed by atoms with E-state index in [1.54, 1.807) is 0 Å². The Labute approximate surface area is 116 Å². The molecule has 1 fully saturated rings. The molecule has 0 aliphatic heterocycles. The van der Waals surface area contributed by atoms with Crippen molar-refractivity contribution >= 4 is 5.69 Å². The minimum atomic E-state index is -0.475. The maximum Gasteiger partial charge on any atom is 0.0821 e. The van der Waals surface area contributed by atoms with Crippen LogP contribution in [0, 0.1) is 0 Å². The molecule has 2 N–H and O–H groups in total. The topological polar surface area (TPSA) is 35.5 Å². The molecule has 0 spiro atoms. The van der Waals surface area contributed by atoms with Gasteiger partial charge in [0, 0.05) is 25.8 Å². The summed E-state index contributed by atoms with van der Waals surface area (Å²) < 4.78 is 0. The van der Waals surface area contributed by atoms with Crippen molar-refractivity contribution in [2.45, 2.75) is 44.8 Å². The number of hydrogen-bond acceptors (Lipinski definition) is 3. The maximum absolute atomic E-state index is 10.4. The van der Waals surface area contributed by atoms with E-state index < -0.39 is 5.60 Å². The first-order valence-corrected chi connectivity index (χ1v) is 7.36. The number of nitrogens with one attached hydrogen (secondary N) is 1. The highest BCUT2D eigenvalue weighted by molar-refractivity contribution is 5.47. The summed E-state index contributed by atoms with van der Waals surface area (Å²) in [6.45, 7) is 4.77. The number of nitrogens with zero attached hydrogens (tertiary/aromatic N) is 1. The predicted molar refractivity (Wildman–Crippen MR) is 80.5 cm³/mol. The molecule has 1 aliphatic carbocycles. The largest absolute Gasteiger partial charge is 0.388 e. The van der Waals surface area contributed by atoms with Crippen molar-refractivity contribution in [3.63, 3.8) is 0 Å². The summed E-state index contributed by atoms with van der Waals surface area (Å²) in [7, 11) is 2.07. The van der Waals surface area contributed by atoms with Crippen LogP contribution in [0.15, 0.2) is 24.3 Å². The third-order valence-corrected chi connectivity index (χ3v) is 4.02. The highest BCUT2D eigenvalue weighted by Gasteiger charge is 2.32. The maximum atomic E-state index is 10.4. The fourth-order valence-electron chi connectivity index (χ4n) is 2.86. The fraction of sp³-hybridized carbons (Fsp3) is 0.625. The number of rotatable bonds is 6. The van der Waals surface area contributed by atoms with E-state index in [-0.39, 0.29) is 0 Å². The van der Waals surface area contributed by atoms with Gasteiger partial charge in [0.05, 0.1) is 5.60 Å². The molecular formula is C16H26N2O. The van der Waals surface area contributed by atoms with Gasteiger partial charge in [-0.2, -0.15) is 0 Å². The average molecular weight is 262 g/mol. The van der Waals surface area contributed by atoms with Gasteiger partial charge in [-0.05, 0) is 37.1 Å². The SMILES string of the molecule is CCNCc1ccc(N(C)CC2(O)CCCC2)cc1. The Morgan fingerprint density at radius 2 is 1.84 bits per heavy atom.